The van der Waals surface area contributed by atoms with Crippen LogP contribution in [0.15, 0.2) is 57.9 Å². The van der Waals surface area contributed by atoms with Gasteiger partial charge in [0.15, 0.2) is 5.76 Å². The number of carbonyl (C=O) groups is 1. The first kappa shape index (κ1) is 22.3. The molecule has 0 spiro atoms. The fraction of sp³-hybridized carbons (Fsp3) is 0.200. The number of benzene rings is 2. The number of anilines is 1. The lowest BCUT2D eigenvalue weighted by Gasteiger charge is -2.10. The molecule has 1 heterocycles. The smallest absolute Gasteiger partial charge is 0.359 e. The van der Waals surface area contributed by atoms with E-state index in [4.69, 9.17) is 4.52 Å². The van der Waals surface area contributed by atoms with Crippen molar-refractivity contribution in [3.05, 3.63) is 76.7 Å². The molecule has 0 radical (unpaired) electrons. The van der Waals surface area contributed by atoms with Crippen LogP contribution in [0, 0.1) is 13.8 Å². The van der Waals surface area contributed by atoms with Gasteiger partial charge in [-0.3, -0.25) is 9.52 Å². The van der Waals surface area contributed by atoms with Crippen molar-refractivity contribution in [1.82, 2.24) is 10.5 Å². The Labute approximate surface area is 176 Å². The van der Waals surface area contributed by atoms with Gasteiger partial charge in [0.1, 0.15) is 11.4 Å². The van der Waals surface area contributed by atoms with Crippen LogP contribution in [0.3, 0.4) is 0 Å². The van der Waals surface area contributed by atoms with Crippen LogP contribution in [-0.4, -0.2) is 19.5 Å². The van der Waals surface area contributed by atoms with Gasteiger partial charge in [-0.05, 0) is 55.8 Å². The number of nitrogens with one attached hydrogen (secondary N) is 2. The van der Waals surface area contributed by atoms with Gasteiger partial charge in [0.05, 0.1) is 10.5 Å². The van der Waals surface area contributed by atoms with Gasteiger partial charge < -0.3 is 9.84 Å². The maximum Gasteiger partial charge on any atom is 0.416 e. The summed E-state index contributed by atoms with van der Waals surface area (Å²) in [5.41, 5.74) is 0.552. The molecule has 0 aliphatic heterocycles. The first-order valence-electron chi connectivity index (χ1n) is 8.97. The van der Waals surface area contributed by atoms with Crippen LogP contribution >= 0.6 is 0 Å². The summed E-state index contributed by atoms with van der Waals surface area (Å²) < 4.78 is 70.2. The zero-order chi connectivity index (χ0) is 22.8. The number of sulfonamides is 1. The van der Waals surface area contributed by atoms with E-state index in [0.717, 1.165) is 12.1 Å². The fourth-order valence-corrected chi connectivity index (χ4v) is 3.88. The first-order chi connectivity index (χ1) is 14.5. The highest BCUT2D eigenvalue weighted by molar-refractivity contribution is 7.92. The van der Waals surface area contributed by atoms with Crippen LogP contribution < -0.4 is 10.0 Å². The molecule has 31 heavy (non-hydrogen) atoms. The fourth-order valence-electron chi connectivity index (χ4n) is 2.70. The molecule has 0 aliphatic carbocycles. The molecule has 164 valence electrons. The minimum absolute atomic E-state index is 0.0185. The van der Waals surface area contributed by atoms with E-state index in [2.05, 4.69) is 15.2 Å². The third-order valence-corrected chi connectivity index (χ3v) is 5.80. The van der Waals surface area contributed by atoms with Gasteiger partial charge in [-0.1, -0.05) is 17.3 Å². The molecule has 0 unspecified atom stereocenters. The largest absolute Gasteiger partial charge is 0.416 e. The second-order valence-electron chi connectivity index (χ2n) is 6.71. The Morgan fingerprint density at radius 2 is 1.65 bits per heavy atom. The molecule has 1 amide bonds. The van der Waals surface area contributed by atoms with Gasteiger partial charge in [-0.25, -0.2) is 8.42 Å². The Morgan fingerprint density at radius 1 is 1.03 bits per heavy atom. The Hall–Kier alpha value is -3.34. The van der Waals surface area contributed by atoms with Crippen molar-refractivity contribution in [2.75, 3.05) is 4.72 Å². The first-order valence-corrected chi connectivity index (χ1v) is 10.5. The molecule has 2 aromatic carbocycles. The molecule has 2 N–H and O–H groups in total. The van der Waals surface area contributed by atoms with Crippen molar-refractivity contribution < 1.29 is 30.9 Å². The molecule has 0 bridgehead atoms. The summed E-state index contributed by atoms with van der Waals surface area (Å²) in [5, 5.41) is 6.26. The number of rotatable bonds is 6. The summed E-state index contributed by atoms with van der Waals surface area (Å²) in [4.78, 5) is 12.2. The number of halogens is 3. The molecule has 0 aliphatic rings. The van der Waals surface area contributed by atoms with Gasteiger partial charge in [0, 0.05) is 12.1 Å². The zero-order valence-corrected chi connectivity index (χ0v) is 17.3. The van der Waals surface area contributed by atoms with E-state index in [1.54, 1.807) is 13.8 Å². The molecule has 3 aromatic rings. The van der Waals surface area contributed by atoms with Crippen LogP contribution in [-0.2, 0) is 22.7 Å². The summed E-state index contributed by atoms with van der Waals surface area (Å²) in [6.45, 7) is 3.19. The minimum atomic E-state index is -4.43. The molecule has 0 saturated heterocycles. The van der Waals surface area contributed by atoms with Crippen molar-refractivity contribution in [3.63, 3.8) is 0 Å². The standard InChI is InChI=1S/C20H18F3N3O4S/c1-12-18(13(2)30-25-12)26-31(28,29)17-9-5-15(6-10-17)19(27)24-11-14-3-7-16(8-4-14)20(21,22)23/h3-10,26H,11H2,1-2H3,(H,24,27). The average molecular weight is 453 g/mol. The molecular formula is C20H18F3N3O4S. The molecule has 0 fully saturated rings. The van der Waals surface area contributed by atoms with E-state index >= 15 is 0 Å². The maximum absolute atomic E-state index is 12.6. The molecule has 3 rings (SSSR count). The van der Waals surface area contributed by atoms with Crippen LogP contribution in [0.1, 0.15) is 32.9 Å². The Bertz CT molecular complexity index is 1170. The van der Waals surface area contributed by atoms with Gasteiger partial charge >= 0.3 is 6.18 Å². The van der Waals surface area contributed by atoms with Crippen LogP contribution in [0.25, 0.3) is 0 Å². The number of aryl methyl sites for hydroxylation is 2. The second-order valence-corrected chi connectivity index (χ2v) is 8.39. The predicted molar refractivity (Wildman–Crippen MR) is 106 cm³/mol. The van der Waals surface area contributed by atoms with Crippen molar-refractivity contribution >= 4 is 21.6 Å². The lowest BCUT2D eigenvalue weighted by atomic mass is 10.1. The third kappa shape index (κ3) is 5.23. The Morgan fingerprint density at radius 3 is 2.16 bits per heavy atom. The second kappa shape index (κ2) is 8.42. The van der Waals surface area contributed by atoms with Crippen molar-refractivity contribution in [2.24, 2.45) is 0 Å². The molecule has 0 atom stereocenters. The van der Waals surface area contributed by atoms with Crippen LogP contribution in [0.4, 0.5) is 18.9 Å². The highest BCUT2D eigenvalue weighted by Crippen LogP contribution is 2.29. The SMILES string of the molecule is Cc1noc(C)c1NS(=O)(=O)c1ccc(C(=O)NCc2ccc(C(F)(F)F)cc2)cc1. The topological polar surface area (TPSA) is 101 Å². The van der Waals surface area contributed by atoms with Crippen LogP contribution in [0.5, 0.6) is 0 Å². The zero-order valence-electron chi connectivity index (χ0n) is 16.4. The molecular weight excluding hydrogens is 435 g/mol. The van der Waals surface area contributed by atoms with E-state index in [9.17, 15) is 26.4 Å². The number of nitrogens with zero attached hydrogens (tertiary/aromatic N) is 1. The minimum Gasteiger partial charge on any atom is -0.359 e. The molecule has 7 nitrogen and oxygen atoms in total. The number of amides is 1. The molecule has 1 aromatic heterocycles. The summed E-state index contributed by atoms with van der Waals surface area (Å²) in [7, 11) is -3.92. The normalized spacial score (nSPS) is 11.9. The number of hydrogen-bond donors (Lipinski definition) is 2. The number of carbonyl (C=O) groups excluding carboxylic acids is 1. The third-order valence-electron chi connectivity index (χ3n) is 4.43. The lowest BCUT2D eigenvalue weighted by Crippen LogP contribution is -2.23. The number of hydrogen-bond acceptors (Lipinski definition) is 5. The van der Waals surface area contributed by atoms with Gasteiger partial charge in [0.2, 0.25) is 0 Å². The maximum atomic E-state index is 12.6. The number of alkyl halides is 3. The van der Waals surface area contributed by atoms with E-state index < -0.39 is 27.7 Å². The molecule has 0 saturated carbocycles. The Balaban J connectivity index is 1.64. The van der Waals surface area contributed by atoms with Gasteiger partial charge in [-0.2, -0.15) is 13.2 Å². The Kier molecular flexibility index (Phi) is 6.07. The highest BCUT2D eigenvalue weighted by atomic mass is 32.2. The molecule has 11 heteroatoms. The summed E-state index contributed by atoms with van der Waals surface area (Å²) in [5.74, 6) is -0.178. The average Bonchev–Trinajstić information content (AvgIpc) is 3.03. The number of aromatic nitrogens is 1. The van der Waals surface area contributed by atoms with Crippen molar-refractivity contribution in [3.8, 4) is 0 Å². The van der Waals surface area contributed by atoms with E-state index in [0.29, 0.717) is 17.0 Å². The summed E-state index contributed by atoms with van der Waals surface area (Å²) in [6, 6.07) is 9.65. The summed E-state index contributed by atoms with van der Waals surface area (Å²) >= 11 is 0. The summed E-state index contributed by atoms with van der Waals surface area (Å²) in [6.07, 6.45) is -4.43. The van der Waals surface area contributed by atoms with E-state index in [1.807, 2.05) is 0 Å². The lowest BCUT2D eigenvalue weighted by molar-refractivity contribution is -0.137. The van der Waals surface area contributed by atoms with Gasteiger partial charge in [0.25, 0.3) is 15.9 Å². The van der Waals surface area contributed by atoms with E-state index in [1.165, 1.54) is 36.4 Å². The van der Waals surface area contributed by atoms with E-state index in [-0.39, 0.29) is 22.7 Å². The van der Waals surface area contributed by atoms with Crippen molar-refractivity contribution in [1.29, 1.82) is 0 Å². The predicted octanol–water partition coefficient (Wildman–Crippen LogP) is 4.04. The quantitative estimate of drug-likeness (QED) is 0.587. The highest BCUT2D eigenvalue weighted by Gasteiger charge is 2.29. The van der Waals surface area contributed by atoms with Crippen LogP contribution in [0.2, 0.25) is 0 Å². The van der Waals surface area contributed by atoms with Gasteiger partial charge in [-0.15, -0.1) is 0 Å². The monoisotopic (exact) mass is 453 g/mol. The van der Waals surface area contributed by atoms with Crippen molar-refractivity contribution in [2.45, 2.75) is 31.5 Å².